The Morgan fingerprint density at radius 3 is 2.33 bits per heavy atom. The Balaban J connectivity index is 1.22. The lowest BCUT2D eigenvalue weighted by Gasteiger charge is -2.38. The minimum absolute atomic E-state index is 0.00989. The minimum Gasteiger partial charge on any atom is -0.445 e. The van der Waals surface area contributed by atoms with Crippen molar-refractivity contribution >= 4 is 16.9 Å². The molecule has 1 aliphatic rings. The largest absolute Gasteiger partial charge is 0.445 e. The van der Waals surface area contributed by atoms with E-state index in [1.165, 1.54) is 21.9 Å². The highest BCUT2D eigenvalue weighted by Crippen LogP contribution is 2.33. The van der Waals surface area contributed by atoms with Crippen LogP contribution in [0.3, 0.4) is 0 Å². The van der Waals surface area contributed by atoms with Crippen LogP contribution < -0.4 is 5.32 Å². The highest BCUT2D eigenvalue weighted by atomic mass is 16.6. The number of piperidine rings is 1. The highest BCUT2D eigenvalue weighted by Gasteiger charge is 2.35. The van der Waals surface area contributed by atoms with E-state index in [-0.39, 0.29) is 30.6 Å². The number of rotatable bonds is 10. The molecule has 5 rings (SSSR count). The number of fused-ring (bicyclic) bond motifs is 1. The van der Waals surface area contributed by atoms with Gasteiger partial charge in [-0.3, -0.25) is 0 Å². The third-order valence-electron chi connectivity index (χ3n) is 7.62. The molecule has 0 radical (unpaired) electrons. The molecule has 40 heavy (non-hydrogen) atoms. The molecule has 0 aromatic heterocycles. The standard InChI is InChI=1S/C34H38N2O4/c1-36(21-25-8-4-3-5-9-25)34(37)40-22-26-12-16-29(17-13-26)33-31(24-38-2)19-35-20-32(33)39-23-27-14-15-28-10-6-7-11-30(28)18-27/h3-18,31-33,35H,19-24H2,1-2H3. The molecule has 0 aliphatic carbocycles. The lowest BCUT2D eigenvalue weighted by molar-refractivity contribution is -0.0193. The maximum atomic E-state index is 12.5. The summed E-state index contributed by atoms with van der Waals surface area (Å²) in [5, 5.41) is 6.00. The second-order valence-corrected chi connectivity index (χ2v) is 10.6. The molecule has 1 fully saturated rings. The van der Waals surface area contributed by atoms with Crippen LogP contribution >= 0.6 is 0 Å². The SMILES string of the molecule is COCC1CNCC(OCc2ccc3ccccc3c2)C1c1ccc(COC(=O)N(C)Cc2ccccc2)cc1. The van der Waals surface area contributed by atoms with Gasteiger partial charge in [0, 0.05) is 45.6 Å². The summed E-state index contributed by atoms with van der Waals surface area (Å²) in [6.45, 7) is 3.61. The van der Waals surface area contributed by atoms with Gasteiger partial charge in [-0.05, 0) is 39.1 Å². The van der Waals surface area contributed by atoms with Crippen molar-refractivity contribution < 1.29 is 19.0 Å². The first kappa shape index (κ1) is 27.8. The van der Waals surface area contributed by atoms with Crippen molar-refractivity contribution in [2.45, 2.75) is 31.8 Å². The number of methoxy groups -OCH3 is 1. The number of hydrogen-bond donors (Lipinski definition) is 1. The van der Waals surface area contributed by atoms with E-state index in [9.17, 15) is 4.79 Å². The molecule has 3 atom stereocenters. The first-order valence-corrected chi connectivity index (χ1v) is 13.9. The molecular formula is C34H38N2O4. The number of nitrogens with zero attached hydrogens (tertiary/aromatic N) is 1. The second kappa shape index (κ2) is 13.6. The van der Waals surface area contributed by atoms with E-state index in [4.69, 9.17) is 14.2 Å². The van der Waals surface area contributed by atoms with Crippen LogP contribution in [0.15, 0.2) is 97.1 Å². The van der Waals surface area contributed by atoms with Crippen LogP contribution in [0.4, 0.5) is 4.79 Å². The van der Waals surface area contributed by atoms with Crippen LogP contribution in [0.5, 0.6) is 0 Å². The summed E-state index contributed by atoms with van der Waals surface area (Å²) < 4.78 is 17.7. The van der Waals surface area contributed by atoms with Gasteiger partial charge in [-0.2, -0.15) is 0 Å². The fourth-order valence-corrected chi connectivity index (χ4v) is 5.54. The summed E-state index contributed by atoms with van der Waals surface area (Å²) in [5.74, 6) is 0.478. The van der Waals surface area contributed by atoms with Crippen molar-refractivity contribution in [1.29, 1.82) is 0 Å². The van der Waals surface area contributed by atoms with Crippen molar-refractivity contribution in [3.63, 3.8) is 0 Å². The van der Waals surface area contributed by atoms with Crippen LogP contribution in [0.2, 0.25) is 0 Å². The first-order chi connectivity index (χ1) is 19.6. The van der Waals surface area contributed by atoms with E-state index in [0.717, 1.165) is 24.2 Å². The summed E-state index contributed by atoms with van der Waals surface area (Å²) in [4.78, 5) is 14.1. The Morgan fingerprint density at radius 1 is 0.825 bits per heavy atom. The average Bonchev–Trinajstić information content (AvgIpc) is 3.00. The van der Waals surface area contributed by atoms with Crippen molar-refractivity contribution in [2.75, 3.05) is 33.9 Å². The molecular weight excluding hydrogens is 500 g/mol. The molecule has 1 aliphatic heterocycles. The van der Waals surface area contributed by atoms with Crippen LogP contribution in [-0.4, -0.2) is 51.0 Å². The van der Waals surface area contributed by atoms with Gasteiger partial charge in [0.25, 0.3) is 0 Å². The monoisotopic (exact) mass is 538 g/mol. The van der Waals surface area contributed by atoms with E-state index in [0.29, 0.717) is 19.8 Å². The summed E-state index contributed by atoms with van der Waals surface area (Å²) in [6, 6.07) is 33.2. The quantitative estimate of drug-likeness (QED) is 0.263. The summed E-state index contributed by atoms with van der Waals surface area (Å²) in [6.07, 6.45) is -0.329. The maximum Gasteiger partial charge on any atom is 0.410 e. The number of hydrogen-bond acceptors (Lipinski definition) is 5. The minimum atomic E-state index is -0.339. The number of benzene rings is 4. The van der Waals surface area contributed by atoms with Gasteiger partial charge in [-0.25, -0.2) is 4.79 Å². The number of ether oxygens (including phenoxy) is 3. The van der Waals surface area contributed by atoms with Gasteiger partial charge in [0.2, 0.25) is 0 Å². The predicted octanol–water partition coefficient (Wildman–Crippen LogP) is 6.14. The van der Waals surface area contributed by atoms with E-state index in [1.807, 2.05) is 42.5 Å². The van der Waals surface area contributed by atoms with E-state index < -0.39 is 0 Å². The highest BCUT2D eigenvalue weighted by molar-refractivity contribution is 5.82. The van der Waals surface area contributed by atoms with E-state index in [2.05, 4.69) is 59.9 Å². The third-order valence-corrected chi connectivity index (χ3v) is 7.62. The smallest absolute Gasteiger partial charge is 0.410 e. The molecule has 4 aromatic carbocycles. The van der Waals surface area contributed by atoms with E-state index >= 15 is 0 Å². The van der Waals surface area contributed by atoms with Gasteiger partial charge in [0.05, 0.1) is 19.3 Å². The third kappa shape index (κ3) is 7.07. The number of nitrogens with one attached hydrogen (secondary N) is 1. The van der Waals surface area contributed by atoms with Gasteiger partial charge in [0.1, 0.15) is 6.61 Å². The summed E-state index contributed by atoms with van der Waals surface area (Å²) in [7, 11) is 3.51. The number of amides is 1. The van der Waals surface area contributed by atoms with Gasteiger partial charge < -0.3 is 24.4 Å². The van der Waals surface area contributed by atoms with Crippen molar-refractivity contribution in [1.82, 2.24) is 10.2 Å². The number of carbonyl (C=O) groups is 1. The fourth-order valence-electron chi connectivity index (χ4n) is 5.54. The molecule has 6 heteroatoms. The van der Waals surface area contributed by atoms with Gasteiger partial charge in [-0.15, -0.1) is 0 Å². The Kier molecular flexibility index (Phi) is 9.45. The predicted molar refractivity (Wildman–Crippen MR) is 158 cm³/mol. The van der Waals surface area contributed by atoms with Gasteiger partial charge >= 0.3 is 6.09 Å². The Hall–Kier alpha value is -3.71. The van der Waals surface area contributed by atoms with Crippen LogP contribution in [0.1, 0.15) is 28.2 Å². The zero-order chi connectivity index (χ0) is 27.7. The average molecular weight is 539 g/mol. The Bertz CT molecular complexity index is 1370. The molecule has 4 aromatic rings. The normalized spacial score (nSPS) is 18.9. The van der Waals surface area contributed by atoms with E-state index in [1.54, 1.807) is 19.1 Å². The second-order valence-electron chi connectivity index (χ2n) is 10.6. The van der Waals surface area contributed by atoms with Crippen molar-refractivity contribution in [3.05, 3.63) is 119 Å². The molecule has 208 valence electrons. The van der Waals surface area contributed by atoms with Crippen molar-refractivity contribution in [3.8, 4) is 0 Å². The molecule has 1 heterocycles. The summed E-state index contributed by atoms with van der Waals surface area (Å²) >= 11 is 0. The lowest BCUT2D eigenvalue weighted by atomic mass is 9.79. The molecule has 0 spiro atoms. The Morgan fingerprint density at radius 2 is 1.55 bits per heavy atom. The van der Waals surface area contributed by atoms with Gasteiger partial charge in [0.15, 0.2) is 0 Å². The van der Waals surface area contributed by atoms with Crippen LogP contribution in [0, 0.1) is 5.92 Å². The number of carbonyl (C=O) groups excluding carboxylic acids is 1. The fraction of sp³-hybridized carbons (Fsp3) is 0.324. The molecule has 1 N–H and O–H groups in total. The molecule has 6 nitrogen and oxygen atoms in total. The zero-order valence-corrected chi connectivity index (χ0v) is 23.3. The molecule has 1 amide bonds. The van der Waals surface area contributed by atoms with Crippen LogP contribution in [-0.2, 0) is 34.0 Å². The maximum absolute atomic E-state index is 12.5. The summed E-state index contributed by atoms with van der Waals surface area (Å²) in [5.41, 5.74) is 4.40. The topological polar surface area (TPSA) is 60.0 Å². The molecule has 1 saturated heterocycles. The first-order valence-electron chi connectivity index (χ1n) is 13.9. The van der Waals surface area contributed by atoms with Gasteiger partial charge in [-0.1, -0.05) is 91.0 Å². The molecule has 0 bridgehead atoms. The van der Waals surface area contributed by atoms with Crippen molar-refractivity contribution in [2.24, 2.45) is 5.92 Å². The molecule has 0 saturated carbocycles. The lowest BCUT2D eigenvalue weighted by Crippen LogP contribution is -2.48. The molecule has 3 unspecified atom stereocenters. The zero-order valence-electron chi connectivity index (χ0n) is 23.3. The van der Waals surface area contributed by atoms with Crippen LogP contribution in [0.25, 0.3) is 10.8 Å². The Labute approximate surface area is 236 Å².